The molecule has 5 atom stereocenters. The molecule has 0 aromatic heterocycles. The normalized spacial score (nSPS) is 20.9. The van der Waals surface area contributed by atoms with Crippen LogP contribution in [0.5, 0.6) is 0 Å². The van der Waals surface area contributed by atoms with Gasteiger partial charge in [-0.25, -0.2) is 4.99 Å². The standard InChI is InChI=1S/C42H56F3N9/c1-8-28-20-22-36(42(43,44)45)54(7)39(28)30-16-14-29(15-17-30)27(4)51-37(23-21-34(47)33-13-11-10-12-32(33)26(3)46)50-25-53(6)41(48)38-35(9-2)49-24-52(5)40(38)31-18-19-31/h10-17,20,22,24-25,27,31,37,39-41,47,51H,3,8-9,18-19,21,23,46,48H2,1-2,4-7H3/b47-34?,50-25-. The van der Waals surface area contributed by atoms with Gasteiger partial charge in [0.2, 0.25) is 0 Å². The quantitative estimate of drug-likeness (QED) is 0.0789. The first-order valence-corrected chi connectivity index (χ1v) is 18.8. The van der Waals surface area contributed by atoms with E-state index in [1.807, 2.05) is 80.7 Å². The summed E-state index contributed by atoms with van der Waals surface area (Å²) in [5, 5.41) is 12.6. The maximum absolute atomic E-state index is 13.8. The second kappa shape index (κ2) is 17.2. The fourth-order valence-electron chi connectivity index (χ4n) is 7.63. The van der Waals surface area contributed by atoms with Crippen LogP contribution in [0, 0.1) is 11.3 Å². The molecule has 0 saturated heterocycles. The van der Waals surface area contributed by atoms with Crippen LogP contribution in [-0.2, 0) is 0 Å². The Balaban J connectivity index is 1.37. The van der Waals surface area contributed by atoms with Gasteiger partial charge < -0.3 is 31.6 Å². The summed E-state index contributed by atoms with van der Waals surface area (Å²) in [7, 11) is 5.49. The predicted octanol–water partition coefficient (Wildman–Crippen LogP) is 7.87. The number of aliphatic imine (C=N–C) groups is 2. The van der Waals surface area contributed by atoms with Crippen LogP contribution < -0.4 is 16.8 Å². The molecule has 2 aliphatic heterocycles. The average Bonchev–Trinajstić information content (AvgIpc) is 4.00. The van der Waals surface area contributed by atoms with E-state index in [0.717, 1.165) is 51.6 Å². The van der Waals surface area contributed by atoms with Gasteiger partial charge in [-0.2, -0.15) is 13.2 Å². The molecule has 1 saturated carbocycles. The highest BCUT2D eigenvalue weighted by Crippen LogP contribution is 2.42. The fraction of sp³-hybridized carbons (Fsp3) is 0.452. The maximum atomic E-state index is 13.8. The van der Waals surface area contributed by atoms with E-state index in [1.165, 1.54) is 24.8 Å². The van der Waals surface area contributed by atoms with Crippen molar-refractivity contribution in [1.82, 2.24) is 20.0 Å². The first-order valence-electron chi connectivity index (χ1n) is 18.8. The molecule has 5 unspecified atom stereocenters. The molecular formula is C42H56F3N9. The Morgan fingerprint density at radius 1 is 1.09 bits per heavy atom. The molecular weight excluding hydrogens is 688 g/mol. The molecule has 5 rings (SSSR count). The second-order valence-electron chi connectivity index (χ2n) is 14.6. The van der Waals surface area contributed by atoms with E-state index < -0.39 is 30.2 Å². The lowest BCUT2D eigenvalue weighted by atomic mass is 9.91. The van der Waals surface area contributed by atoms with E-state index in [1.54, 1.807) is 12.4 Å². The van der Waals surface area contributed by atoms with Crippen molar-refractivity contribution >= 4 is 24.1 Å². The van der Waals surface area contributed by atoms with Gasteiger partial charge in [0.05, 0.1) is 24.8 Å². The SMILES string of the molecule is C=C(N)c1ccccc1C(=N)CCC(/N=C\N(C)C(N)C1=C(CC)N=CN(C)C1C1CC1)NC(C)c1ccc(C2C(CC)=CC=C(C(F)(F)F)N2C)cc1. The number of likely N-dealkylation sites (N-methyl/N-ethyl adjacent to an activating group) is 3. The smallest absolute Gasteiger partial charge is 0.399 e. The van der Waals surface area contributed by atoms with Gasteiger partial charge in [0.25, 0.3) is 0 Å². The van der Waals surface area contributed by atoms with Crippen molar-refractivity contribution in [3.8, 4) is 0 Å². The lowest BCUT2D eigenvalue weighted by Crippen LogP contribution is -2.50. The van der Waals surface area contributed by atoms with Crippen molar-refractivity contribution < 1.29 is 13.2 Å². The number of benzene rings is 2. The lowest BCUT2D eigenvalue weighted by molar-refractivity contribution is -0.112. The van der Waals surface area contributed by atoms with Gasteiger partial charge in [-0.05, 0) is 74.1 Å². The van der Waals surface area contributed by atoms with Crippen molar-refractivity contribution in [3.05, 3.63) is 112 Å². The molecule has 3 aliphatic rings. The molecule has 2 aromatic rings. The maximum Gasteiger partial charge on any atom is 0.431 e. The monoisotopic (exact) mass is 743 g/mol. The van der Waals surface area contributed by atoms with Crippen LogP contribution in [0.4, 0.5) is 13.2 Å². The Labute approximate surface area is 318 Å². The molecule has 6 N–H and O–H groups in total. The third-order valence-corrected chi connectivity index (χ3v) is 10.8. The molecule has 290 valence electrons. The van der Waals surface area contributed by atoms with Crippen molar-refractivity contribution in [3.63, 3.8) is 0 Å². The molecule has 0 spiro atoms. The summed E-state index contributed by atoms with van der Waals surface area (Å²) in [5.74, 6) is 0.557. The lowest BCUT2D eigenvalue weighted by Gasteiger charge is -2.38. The molecule has 2 aromatic carbocycles. The van der Waals surface area contributed by atoms with Gasteiger partial charge in [0.1, 0.15) is 18.0 Å². The summed E-state index contributed by atoms with van der Waals surface area (Å²) < 4.78 is 41.5. The topological polar surface area (TPSA) is 122 Å². The Bertz CT molecular complexity index is 1820. The average molecular weight is 744 g/mol. The molecule has 0 bridgehead atoms. The van der Waals surface area contributed by atoms with Crippen LogP contribution in [0.25, 0.3) is 5.70 Å². The van der Waals surface area contributed by atoms with Crippen molar-refractivity contribution in [2.75, 3.05) is 21.1 Å². The van der Waals surface area contributed by atoms with Gasteiger partial charge in [-0.1, -0.05) is 75.0 Å². The van der Waals surface area contributed by atoms with Gasteiger partial charge >= 0.3 is 6.18 Å². The number of nitrogens with zero attached hydrogens (tertiary/aromatic N) is 5. The highest BCUT2D eigenvalue weighted by molar-refractivity contribution is 6.02. The summed E-state index contributed by atoms with van der Waals surface area (Å²) in [6.07, 6.45) is 5.89. The molecule has 54 heavy (non-hydrogen) atoms. The van der Waals surface area contributed by atoms with Crippen LogP contribution in [0.3, 0.4) is 0 Å². The Morgan fingerprint density at radius 2 is 1.76 bits per heavy atom. The highest BCUT2D eigenvalue weighted by Gasteiger charge is 2.42. The van der Waals surface area contributed by atoms with Crippen LogP contribution in [-0.4, -0.2) is 78.8 Å². The minimum atomic E-state index is -4.44. The van der Waals surface area contributed by atoms with Crippen LogP contribution in [0.2, 0.25) is 0 Å². The second-order valence-corrected chi connectivity index (χ2v) is 14.6. The fourth-order valence-corrected chi connectivity index (χ4v) is 7.63. The van der Waals surface area contributed by atoms with Crippen LogP contribution in [0.1, 0.15) is 93.6 Å². The Morgan fingerprint density at radius 3 is 2.35 bits per heavy atom. The van der Waals surface area contributed by atoms with Crippen LogP contribution >= 0.6 is 0 Å². The van der Waals surface area contributed by atoms with Crippen molar-refractivity contribution in [1.29, 1.82) is 5.41 Å². The number of hydrogen-bond donors (Lipinski definition) is 4. The summed E-state index contributed by atoms with van der Waals surface area (Å²) in [6, 6.07) is 14.8. The minimum absolute atomic E-state index is 0.170. The Hall–Kier alpha value is -4.68. The van der Waals surface area contributed by atoms with E-state index in [0.29, 0.717) is 36.6 Å². The predicted molar refractivity (Wildman–Crippen MR) is 215 cm³/mol. The molecule has 0 radical (unpaired) electrons. The number of halogens is 3. The molecule has 2 heterocycles. The van der Waals surface area contributed by atoms with Gasteiger partial charge in [0, 0.05) is 61.0 Å². The molecule has 1 fully saturated rings. The summed E-state index contributed by atoms with van der Waals surface area (Å²) in [4.78, 5) is 15.2. The number of nitrogens with one attached hydrogen (secondary N) is 2. The zero-order chi connectivity index (χ0) is 39.3. The van der Waals surface area contributed by atoms with Gasteiger partial charge in [0.15, 0.2) is 0 Å². The number of allylic oxidation sites excluding steroid dienone is 4. The zero-order valence-corrected chi connectivity index (χ0v) is 32.4. The molecule has 9 nitrogen and oxygen atoms in total. The summed E-state index contributed by atoms with van der Waals surface area (Å²) in [6.45, 7) is 10.00. The summed E-state index contributed by atoms with van der Waals surface area (Å²) >= 11 is 0. The third kappa shape index (κ3) is 9.15. The number of nitrogens with two attached hydrogens (primary N) is 2. The highest BCUT2D eigenvalue weighted by atomic mass is 19.4. The van der Waals surface area contributed by atoms with E-state index in [4.69, 9.17) is 26.9 Å². The zero-order valence-electron chi connectivity index (χ0n) is 32.4. The van der Waals surface area contributed by atoms with Crippen LogP contribution in [0.15, 0.2) is 99.8 Å². The number of alkyl halides is 3. The third-order valence-electron chi connectivity index (χ3n) is 10.8. The molecule has 1 aliphatic carbocycles. The van der Waals surface area contributed by atoms with E-state index >= 15 is 0 Å². The van der Waals surface area contributed by atoms with E-state index in [-0.39, 0.29) is 12.1 Å². The number of rotatable bonds is 16. The van der Waals surface area contributed by atoms with Crippen molar-refractivity contribution in [2.45, 2.75) is 95.9 Å². The summed E-state index contributed by atoms with van der Waals surface area (Å²) in [5.41, 5.74) is 19.5. The van der Waals surface area contributed by atoms with Crippen molar-refractivity contribution in [2.24, 2.45) is 27.4 Å². The van der Waals surface area contributed by atoms with Gasteiger partial charge in [-0.15, -0.1) is 0 Å². The first-order chi connectivity index (χ1) is 25.7. The largest absolute Gasteiger partial charge is 0.431 e. The van der Waals surface area contributed by atoms with Gasteiger partial charge in [-0.3, -0.25) is 10.3 Å². The molecule has 12 heteroatoms. The molecule has 0 amide bonds. The Kier molecular flexibility index (Phi) is 12.9. The van der Waals surface area contributed by atoms with E-state index in [9.17, 15) is 13.2 Å². The van der Waals surface area contributed by atoms with E-state index in [2.05, 4.69) is 30.8 Å². The minimum Gasteiger partial charge on any atom is -0.399 e. The first kappa shape index (κ1) is 40.5. The number of hydrogen-bond acceptors (Lipinski definition) is 8.